The van der Waals surface area contributed by atoms with Crippen molar-refractivity contribution in [2.75, 3.05) is 25.9 Å². The first-order valence-corrected chi connectivity index (χ1v) is 6.63. The van der Waals surface area contributed by atoms with Crippen molar-refractivity contribution < 1.29 is 4.79 Å². The Kier molecular flexibility index (Phi) is 5.96. The van der Waals surface area contributed by atoms with E-state index in [0.717, 1.165) is 13.1 Å². The largest absolute Gasteiger partial charge is 0.351 e. The molecule has 0 aliphatic rings. The van der Waals surface area contributed by atoms with Gasteiger partial charge in [0.1, 0.15) is 0 Å². The molecule has 2 N–H and O–H groups in total. The summed E-state index contributed by atoms with van der Waals surface area (Å²) in [6, 6.07) is 7.64. The Bertz CT molecular complexity index is 324. The van der Waals surface area contributed by atoms with Gasteiger partial charge >= 0.3 is 0 Å². The molecule has 0 spiro atoms. The van der Waals surface area contributed by atoms with E-state index >= 15 is 0 Å². The van der Waals surface area contributed by atoms with Gasteiger partial charge in [-0.2, -0.15) is 0 Å². The Balaban J connectivity index is 2.40. The monoisotopic (exact) mass is 238 g/mol. The van der Waals surface area contributed by atoms with E-state index in [4.69, 9.17) is 0 Å². The molecule has 0 radical (unpaired) electrons. The minimum absolute atomic E-state index is 0.00874. The second kappa shape index (κ2) is 7.30. The van der Waals surface area contributed by atoms with Gasteiger partial charge in [-0.25, -0.2) is 0 Å². The third-order valence-electron chi connectivity index (χ3n) is 2.19. The molecule has 3 nitrogen and oxygen atoms in total. The molecule has 1 aromatic carbocycles. The number of hydrogen-bond donors (Lipinski definition) is 2. The number of likely N-dealkylation sites (N-methyl/N-ethyl adjacent to an activating group) is 1. The lowest BCUT2D eigenvalue weighted by Crippen LogP contribution is -2.31. The van der Waals surface area contributed by atoms with Crippen LogP contribution < -0.4 is 10.6 Å². The summed E-state index contributed by atoms with van der Waals surface area (Å²) in [5, 5.41) is 6.02. The number of amides is 1. The highest BCUT2D eigenvalue weighted by molar-refractivity contribution is 7.98. The van der Waals surface area contributed by atoms with Crippen molar-refractivity contribution in [1.29, 1.82) is 0 Å². The summed E-state index contributed by atoms with van der Waals surface area (Å²) in [7, 11) is 0. The van der Waals surface area contributed by atoms with E-state index in [1.54, 1.807) is 11.8 Å². The minimum Gasteiger partial charge on any atom is -0.351 e. The fourth-order valence-electron chi connectivity index (χ4n) is 1.29. The number of carbonyl (C=O) groups excluding carboxylic acids is 1. The third-order valence-corrected chi connectivity index (χ3v) is 2.93. The molecule has 0 aliphatic heterocycles. The van der Waals surface area contributed by atoms with Crippen molar-refractivity contribution >= 4 is 17.7 Å². The molecule has 0 aliphatic carbocycles. The van der Waals surface area contributed by atoms with Gasteiger partial charge in [-0.1, -0.05) is 6.92 Å². The molecule has 4 heteroatoms. The van der Waals surface area contributed by atoms with Crippen LogP contribution in [-0.4, -0.2) is 31.8 Å². The van der Waals surface area contributed by atoms with E-state index in [9.17, 15) is 4.79 Å². The van der Waals surface area contributed by atoms with E-state index in [-0.39, 0.29) is 5.91 Å². The number of nitrogens with one attached hydrogen (secondary N) is 2. The maximum Gasteiger partial charge on any atom is 0.251 e. The van der Waals surface area contributed by atoms with Crippen molar-refractivity contribution in [3.8, 4) is 0 Å². The second-order valence-corrected chi connectivity index (χ2v) is 4.22. The highest BCUT2D eigenvalue weighted by atomic mass is 32.2. The second-order valence-electron chi connectivity index (χ2n) is 3.34. The highest BCUT2D eigenvalue weighted by Crippen LogP contribution is 2.14. The zero-order chi connectivity index (χ0) is 11.8. The molecule has 0 fully saturated rings. The lowest BCUT2D eigenvalue weighted by atomic mass is 10.2. The van der Waals surface area contributed by atoms with Crippen LogP contribution >= 0.6 is 11.8 Å². The summed E-state index contributed by atoms with van der Waals surface area (Å²) < 4.78 is 0. The maximum absolute atomic E-state index is 11.7. The van der Waals surface area contributed by atoms with Crippen molar-refractivity contribution in [2.45, 2.75) is 11.8 Å². The van der Waals surface area contributed by atoms with Crippen LogP contribution in [0.15, 0.2) is 29.2 Å². The van der Waals surface area contributed by atoms with Crippen LogP contribution in [-0.2, 0) is 0 Å². The van der Waals surface area contributed by atoms with Crippen molar-refractivity contribution in [3.63, 3.8) is 0 Å². The Morgan fingerprint density at radius 3 is 2.50 bits per heavy atom. The normalized spacial score (nSPS) is 10.1. The van der Waals surface area contributed by atoms with Crippen molar-refractivity contribution in [1.82, 2.24) is 10.6 Å². The SMILES string of the molecule is CCNCCNC(=O)c1ccc(SC)cc1. The van der Waals surface area contributed by atoms with E-state index < -0.39 is 0 Å². The molecular weight excluding hydrogens is 220 g/mol. The zero-order valence-corrected chi connectivity index (χ0v) is 10.6. The predicted octanol–water partition coefficient (Wildman–Crippen LogP) is 1.75. The summed E-state index contributed by atoms with van der Waals surface area (Å²) in [4.78, 5) is 12.8. The van der Waals surface area contributed by atoms with Crippen LogP contribution in [0.25, 0.3) is 0 Å². The fraction of sp³-hybridized carbons (Fsp3) is 0.417. The van der Waals surface area contributed by atoms with E-state index in [1.807, 2.05) is 37.4 Å². The molecule has 0 bridgehead atoms. The van der Waals surface area contributed by atoms with Gasteiger partial charge in [0.05, 0.1) is 0 Å². The van der Waals surface area contributed by atoms with Crippen LogP contribution in [0, 0.1) is 0 Å². The average molecular weight is 238 g/mol. The van der Waals surface area contributed by atoms with Gasteiger partial charge in [-0.15, -0.1) is 11.8 Å². The number of benzene rings is 1. The van der Waals surface area contributed by atoms with Gasteiger partial charge < -0.3 is 10.6 Å². The van der Waals surface area contributed by atoms with E-state index in [1.165, 1.54) is 4.90 Å². The van der Waals surface area contributed by atoms with Crippen LogP contribution in [0.3, 0.4) is 0 Å². The topological polar surface area (TPSA) is 41.1 Å². The Morgan fingerprint density at radius 2 is 1.94 bits per heavy atom. The van der Waals surface area contributed by atoms with E-state index in [0.29, 0.717) is 12.1 Å². The minimum atomic E-state index is -0.00874. The fourth-order valence-corrected chi connectivity index (χ4v) is 1.69. The summed E-state index contributed by atoms with van der Waals surface area (Å²) in [5.74, 6) is -0.00874. The molecule has 88 valence electrons. The number of thioether (sulfide) groups is 1. The Labute approximate surface area is 101 Å². The van der Waals surface area contributed by atoms with Gasteiger partial charge in [0.25, 0.3) is 5.91 Å². The van der Waals surface area contributed by atoms with Gasteiger partial charge in [0.15, 0.2) is 0 Å². The highest BCUT2D eigenvalue weighted by Gasteiger charge is 2.03. The lowest BCUT2D eigenvalue weighted by Gasteiger charge is -2.05. The standard InChI is InChI=1S/C12H18N2OS/c1-3-13-8-9-14-12(15)10-4-6-11(16-2)7-5-10/h4-7,13H,3,8-9H2,1-2H3,(H,14,15). The number of hydrogen-bond acceptors (Lipinski definition) is 3. The maximum atomic E-state index is 11.7. The zero-order valence-electron chi connectivity index (χ0n) is 9.75. The predicted molar refractivity (Wildman–Crippen MR) is 69.1 cm³/mol. The van der Waals surface area contributed by atoms with Crippen molar-refractivity contribution in [2.24, 2.45) is 0 Å². The molecule has 0 atom stereocenters. The molecule has 1 aromatic rings. The molecular formula is C12H18N2OS. The summed E-state index contributed by atoms with van der Waals surface area (Å²) in [5.41, 5.74) is 0.717. The van der Waals surface area contributed by atoms with Crippen LogP contribution in [0.4, 0.5) is 0 Å². The summed E-state index contributed by atoms with van der Waals surface area (Å²) in [6.45, 7) is 4.45. The van der Waals surface area contributed by atoms with Crippen LogP contribution in [0.2, 0.25) is 0 Å². The number of carbonyl (C=O) groups is 1. The van der Waals surface area contributed by atoms with Gasteiger partial charge in [-0.05, 0) is 37.1 Å². The molecule has 0 saturated carbocycles. The smallest absolute Gasteiger partial charge is 0.251 e. The molecule has 16 heavy (non-hydrogen) atoms. The first kappa shape index (κ1) is 13.1. The first-order valence-electron chi connectivity index (χ1n) is 5.41. The third kappa shape index (κ3) is 4.24. The average Bonchev–Trinajstić information content (AvgIpc) is 2.34. The molecule has 0 heterocycles. The number of rotatable bonds is 6. The lowest BCUT2D eigenvalue weighted by molar-refractivity contribution is 0.0954. The molecule has 1 amide bonds. The quantitative estimate of drug-likeness (QED) is 0.586. The van der Waals surface area contributed by atoms with Crippen LogP contribution in [0.1, 0.15) is 17.3 Å². The Hall–Kier alpha value is -1.00. The van der Waals surface area contributed by atoms with Gasteiger partial charge in [0.2, 0.25) is 0 Å². The Morgan fingerprint density at radius 1 is 1.25 bits per heavy atom. The van der Waals surface area contributed by atoms with Crippen LogP contribution in [0.5, 0.6) is 0 Å². The first-order chi connectivity index (χ1) is 7.77. The van der Waals surface area contributed by atoms with E-state index in [2.05, 4.69) is 10.6 Å². The summed E-state index contributed by atoms with van der Waals surface area (Å²) >= 11 is 1.67. The summed E-state index contributed by atoms with van der Waals surface area (Å²) in [6.07, 6.45) is 2.02. The molecule has 1 rings (SSSR count). The van der Waals surface area contributed by atoms with Crippen molar-refractivity contribution in [3.05, 3.63) is 29.8 Å². The molecule has 0 saturated heterocycles. The van der Waals surface area contributed by atoms with Gasteiger partial charge in [0, 0.05) is 23.5 Å². The molecule has 0 aromatic heterocycles. The van der Waals surface area contributed by atoms with Gasteiger partial charge in [-0.3, -0.25) is 4.79 Å². The molecule has 0 unspecified atom stereocenters.